The second-order valence-corrected chi connectivity index (χ2v) is 5.45. The summed E-state index contributed by atoms with van der Waals surface area (Å²) in [5, 5.41) is 9.43. The van der Waals surface area contributed by atoms with Crippen LogP contribution in [0, 0.1) is 0 Å². The number of hydrogen-bond donors (Lipinski definition) is 1. The first-order valence-electron chi connectivity index (χ1n) is 6.73. The van der Waals surface area contributed by atoms with Gasteiger partial charge in [0, 0.05) is 19.2 Å². The van der Waals surface area contributed by atoms with Crippen molar-refractivity contribution in [3.05, 3.63) is 35.4 Å². The van der Waals surface area contributed by atoms with Gasteiger partial charge < -0.3 is 10.0 Å². The highest BCUT2D eigenvalue weighted by molar-refractivity contribution is 5.99. The molecule has 1 saturated carbocycles. The Balaban J connectivity index is 1.89. The van der Waals surface area contributed by atoms with E-state index in [1.54, 1.807) is 0 Å². The Bertz CT molecular complexity index is 530. The van der Waals surface area contributed by atoms with Crippen LogP contribution in [0.3, 0.4) is 0 Å². The summed E-state index contributed by atoms with van der Waals surface area (Å²) in [4.78, 5) is 18.1. The third kappa shape index (κ3) is 1.82. The Kier molecular flexibility index (Phi) is 2.81. The van der Waals surface area contributed by atoms with E-state index >= 15 is 0 Å². The minimum absolute atomic E-state index is 0.637. The van der Waals surface area contributed by atoms with E-state index in [4.69, 9.17) is 0 Å². The number of carboxylic acid groups (broad SMARTS) is 1. The van der Waals surface area contributed by atoms with E-state index in [1.807, 2.05) is 31.3 Å². The van der Waals surface area contributed by atoms with Crippen molar-refractivity contribution in [2.75, 3.05) is 20.1 Å². The van der Waals surface area contributed by atoms with Crippen LogP contribution in [0.4, 0.5) is 0 Å². The van der Waals surface area contributed by atoms with Crippen molar-refractivity contribution < 1.29 is 9.90 Å². The summed E-state index contributed by atoms with van der Waals surface area (Å²) in [6.07, 6.45) is 2.51. The normalized spacial score (nSPS) is 20.9. The summed E-state index contributed by atoms with van der Waals surface area (Å²) in [7, 11) is 2.03. The zero-order valence-electron chi connectivity index (χ0n) is 11.1. The van der Waals surface area contributed by atoms with E-state index in [0.29, 0.717) is 0 Å². The maximum atomic E-state index is 11.5. The predicted molar refractivity (Wildman–Crippen MR) is 73.6 cm³/mol. The Hall–Kier alpha value is -1.84. The second kappa shape index (κ2) is 4.37. The van der Waals surface area contributed by atoms with Gasteiger partial charge in [-0.25, -0.2) is 0 Å². The van der Waals surface area contributed by atoms with E-state index in [1.165, 1.54) is 0 Å². The van der Waals surface area contributed by atoms with Crippen molar-refractivity contribution in [3.63, 3.8) is 0 Å². The molecule has 2 aliphatic rings. The maximum Gasteiger partial charge on any atom is 0.314 e. The minimum atomic E-state index is -0.693. The lowest BCUT2D eigenvalue weighted by Crippen LogP contribution is -2.42. The Morgan fingerprint density at radius 2 is 2.00 bits per heavy atom. The van der Waals surface area contributed by atoms with Crippen LogP contribution in [0.25, 0.3) is 0 Å². The van der Waals surface area contributed by atoms with Gasteiger partial charge in [-0.15, -0.1) is 0 Å². The zero-order valence-corrected chi connectivity index (χ0v) is 11.1. The SMILES string of the molecule is CN1CCN=C1c1ccc(C2(C(=O)O)CCC2)cc1. The maximum absolute atomic E-state index is 11.5. The summed E-state index contributed by atoms with van der Waals surface area (Å²) < 4.78 is 0. The molecule has 1 aliphatic heterocycles. The van der Waals surface area contributed by atoms with Gasteiger partial charge in [0.2, 0.25) is 0 Å². The van der Waals surface area contributed by atoms with Crippen LogP contribution in [0.1, 0.15) is 30.4 Å². The van der Waals surface area contributed by atoms with Crippen molar-refractivity contribution >= 4 is 11.8 Å². The van der Waals surface area contributed by atoms with Gasteiger partial charge >= 0.3 is 5.97 Å². The molecule has 4 nitrogen and oxygen atoms in total. The molecule has 19 heavy (non-hydrogen) atoms. The fourth-order valence-corrected chi connectivity index (χ4v) is 2.94. The molecule has 1 fully saturated rings. The van der Waals surface area contributed by atoms with Gasteiger partial charge in [0.15, 0.2) is 0 Å². The number of aliphatic imine (C=N–C) groups is 1. The van der Waals surface area contributed by atoms with Crippen molar-refractivity contribution in [3.8, 4) is 0 Å². The van der Waals surface area contributed by atoms with Gasteiger partial charge in [0.25, 0.3) is 0 Å². The van der Waals surface area contributed by atoms with Gasteiger partial charge in [-0.05, 0) is 18.4 Å². The van der Waals surface area contributed by atoms with Crippen LogP contribution in [-0.4, -0.2) is 41.9 Å². The number of nitrogens with zero attached hydrogens (tertiary/aromatic N) is 2. The number of likely N-dealkylation sites (N-methyl/N-ethyl adjacent to an activating group) is 1. The van der Waals surface area contributed by atoms with Gasteiger partial charge in [0.1, 0.15) is 5.84 Å². The first-order chi connectivity index (χ1) is 9.13. The van der Waals surface area contributed by atoms with Crippen LogP contribution in [-0.2, 0) is 10.2 Å². The lowest BCUT2D eigenvalue weighted by atomic mass is 9.64. The lowest BCUT2D eigenvalue weighted by Gasteiger charge is -2.38. The van der Waals surface area contributed by atoms with Crippen molar-refractivity contribution in [2.24, 2.45) is 4.99 Å². The third-order valence-corrected chi connectivity index (χ3v) is 4.37. The fourth-order valence-electron chi connectivity index (χ4n) is 2.94. The highest BCUT2D eigenvalue weighted by Gasteiger charge is 2.45. The quantitative estimate of drug-likeness (QED) is 0.900. The predicted octanol–water partition coefficient (Wildman–Crippen LogP) is 1.88. The minimum Gasteiger partial charge on any atom is -0.481 e. The van der Waals surface area contributed by atoms with E-state index in [0.717, 1.165) is 49.3 Å². The fraction of sp³-hybridized carbons (Fsp3) is 0.467. The molecule has 0 radical (unpaired) electrons. The molecule has 0 atom stereocenters. The zero-order chi connectivity index (χ0) is 13.5. The van der Waals surface area contributed by atoms with Crippen LogP contribution in [0.2, 0.25) is 0 Å². The summed E-state index contributed by atoms with van der Waals surface area (Å²) >= 11 is 0. The smallest absolute Gasteiger partial charge is 0.314 e. The molecule has 100 valence electrons. The largest absolute Gasteiger partial charge is 0.481 e. The molecular formula is C15H18N2O2. The first-order valence-corrected chi connectivity index (χ1v) is 6.73. The van der Waals surface area contributed by atoms with Crippen LogP contribution < -0.4 is 0 Å². The number of carbonyl (C=O) groups is 1. The molecule has 1 heterocycles. The number of rotatable bonds is 3. The summed E-state index contributed by atoms with van der Waals surface area (Å²) in [6, 6.07) is 7.91. The van der Waals surface area contributed by atoms with Gasteiger partial charge in [0.05, 0.1) is 12.0 Å². The summed E-state index contributed by atoms with van der Waals surface area (Å²) in [6.45, 7) is 1.79. The molecule has 3 rings (SSSR count). The molecule has 1 aromatic carbocycles. The van der Waals surface area contributed by atoms with Crippen molar-refractivity contribution in [1.29, 1.82) is 0 Å². The molecule has 0 amide bonds. The van der Waals surface area contributed by atoms with Crippen molar-refractivity contribution in [1.82, 2.24) is 4.90 Å². The Morgan fingerprint density at radius 3 is 2.42 bits per heavy atom. The van der Waals surface area contributed by atoms with Crippen LogP contribution in [0.15, 0.2) is 29.3 Å². The van der Waals surface area contributed by atoms with E-state index in [-0.39, 0.29) is 0 Å². The average molecular weight is 258 g/mol. The number of amidine groups is 1. The Labute approximate surface area is 112 Å². The second-order valence-electron chi connectivity index (χ2n) is 5.45. The Morgan fingerprint density at radius 1 is 1.32 bits per heavy atom. The molecule has 0 saturated heterocycles. The number of aliphatic carboxylic acids is 1. The van der Waals surface area contributed by atoms with Gasteiger partial charge in [-0.3, -0.25) is 9.79 Å². The van der Waals surface area contributed by atoms with Gasteiger partial charge in [-0.1, -0.05) is 30.7 Å². The highest BCUT2D eigenvalue weighted by Crippen LogP contribution is 2.44. The lowest BCUT2D eigenvalue weighted by molar-refractivity contribution is -0.147. The number of carboxylic acids is 1. The molecule has 4 heteroatoms. The molecule has 0 spiro atoms. The summed E-state index contributed by atoms with van der Waals surface area (Å²) in [5.74, 6) is 0.311. The van der Waals surface area contributed by atoms with Crippen LogP contribution in [0.5, 0.6) is 0 Å². The number of hydrogen-bond acceptors (Lipinski definition) is 3. The average Bonchev–Trinajstić information content (AvgIpc) is 2.74. The van der Waals surface area contributed by atoms with Crippen LogP contribution >= 0.6 is 0 Å². The van der Waals surface area contributed by atoms with E-state index in [9.17, 15) is 9.90 Å². The van der Waals surface area contributed by atoms with Crippen molar-refractivity contribution in [2.45, 2.75) is 24.7 Å². The third-order valence-electron chi connectivity index (χ3n) is 4.37. The monoisotopic (exact) mass is 258 g/mol. The number of benzene rings is 1. The van der Waals surface area contributed by atoms with E-state index < -0.39 is 11.4 Å². The molecule has 0 bridgehead atoms. The molecule has 1 aliphatic carbocycles. The summed E-state index contributed by atoms with van der Waals surface area (Å²) in [5.41, 5.74) is 1.36. The molecule has 1 aromatic rings. The standard InChI is InChI=1S/C15H18N2O2/c1-17-10-9-16-13(17)11-3-5-12(6-4-11)15(14(18)19)7-2-8-15/h3-6H,2,7-10H2,1H3,(H,18,19). The topological polar surface area (TPSA) is 52.9 Å². The molecular weight excluding hydrogens is 240 g/mol. The molecule has 0 aromatic heterocycles. The van der Waals surface area contributed by atoms with E-state index in [2.05, 4.69) is 9.89 Å². The molecule has 1 N–H and O–H groups in total. The van der Waals surface area contributed by atoms with Gasteiger partial charge in [-0.2, -0.15) is 0 Å². The molecule has 0 unspecified atom stereocenters. The first kappa shape index (κ1) is 12.2. The highest BCUT2D eigenvalue weighted by atomic mass is 16.4.